The molecule has 1 aliphatic heterocycles. The lowest BCUT2D eigenvalue weighted by Gasteiger charge is -2.21. The fourth-order valence-electron chi connectivity index (χ4n) is 9.10. The molecule has 10 aromatic rings. The summed E-state index contributed by atoms with van der Waals surface area (Å²) in [6.45, 7) is 11.4. The Morgan fingerprint density at radius 1 is 0.593 bits per heavy atom. The molecule has 0 fully saturated rings. The van der Waals surface area contributed by atoms with Crippen molar-refractivity contribution in [3.8, 4) is 17.3 Å². The zero-order chi connectivity index (χ0) is 43.5. The molecule has 0 bridgehead atoms. The summed E-state index contributed by atoms with van der Waals surface area (Å²) in [5.41, 5.74) is 8.79. The maximum absolute atomic E-state index is 9.05. The topological polar surface area (TPSA) is 35.2 Å². The molecule has 0 saturated carbocycles. The zero-order valence-corrected chi connectivity index (χ0v) is 33.7. The predicted molar refractivity (Wildman–Crippen MR) is 247 cm³/mol. The van der Waals surface area contributed by atoms with Crippen molar-refractivity contribution in [2.24, 2.45) is 0 Å². The third-order valence-electron chi connectivity index (χ3n) is 11.9. The standard InChI is InChI=1S/C54H44N4O/c1-34-23-25-42-40-16-6-7-17-41(40)45-20-12-22-49-53(45)57(52-35(2)13-10-19-46(52)47(42)29-34)33-56(49)37-14-11-15-38(31-37)59-39-24-26-44-43-18-8-9-21-48(43)58(50(44)32-39)51-30-36(27-28-55-51)54(3,4)5/h6-32H,33H2,1-5H3/i8D,9D,18D,21D. The molecule has 0 atom stereocenters. The summed E-state index contributed by atoms with van der Waals surface area (Å²) in [5.74, 6) is 1.78. The molecule has 286 valence electrons. The summed E-state index contributed by atoms with van der Waals surface area (Å²) in [4.78, 5) is 7.12. The van der Waals surface area contributed by atoms with Crippen LogP contribution in [0.5, 0.6) is 11.5 Å². The second-order valence-corrected chi connectivity index (χ2v) is 16.7. The van der Waals surface area contributed by atoms with E-state index in [0.717, 1.165) is 22.5 Å². The molecule has 5 heteroatoms. The quantitative estimate of drug-likeness (QED) is 0.179. The molecule has 0 radical (unpaired) electrons. The molecule has 4 heterocycles. The Hall–Kier alpha value is -7.11. The van der Waals surface area contributed by atoms with Gasteiger partial charge in [-0.1, -0.05) is 123 Å². The summed E-state index contributed by atoms with van der Waals surface area (Å²) in [6.07, 6.45) is 1.76. The molecule has 5 nitrogen and oxygen atoms in total. The molecule has 0 saturated heterocycles. The molecule has 0 spiro atoms. The number of fused-ring (bicyclic) bond motifs is 10. The van der Waals surface area contributed by atoms with Crippen LogP contribution in [0.15, 0.2) is 164 Å². The number of para-hydroxylation sites is 3. The van der Waals surface area contributed by atoms with E-state index in [1.165, 1.54) is 49.0 Å². The van der Waals surface area contributed by atoms with Crippen molar-refractivity contribution in [1.29, 1.82) is 0 Å². The maximum atomic E-state index is 9.05. The second-order valence-electron chi connectivity index (χ2n) is 16.7. The van der Waals surface area contributed by atoms with Gasteiger partial charge in [-0.3, -0.25) is 4.57 Å². The first kappa shape index (κ1) is 31.0. The minimum Gasteiger partial charge on any atom is -0.457 e. The average molecular weight is 769 g/mol. The Morgan fingerprint density at radius 3 is 2.15 bits per heavy atom. The first-order chi connectivity index (χ1) is 30.4. The number of aryl methyl sites for hydroxylation is 2. The van der Waals surface area contributed by atoms with Gasteiger partial charge in [-0.05, 0) is 100 Å². The van der Waals surface area contributed by atoms with Crippen LogP contribution in [-0.2, 0) is 12.1 Å². The average Bonchev–Trinajstić information content (AvgIpc) is 3.84. The Balaban J connectivity index is 1.08. The van der Waals surface area contributed by atoms with Crippen LogP contribution in [0.1, 0.15) is 42.9 Å². The van der Waals surface area contributed by atoms with Crippen LogP contribution in [0.3, 0.4) is 0 Å². The van der Waals surface area contributed by atoms with Gasteiger partial charge in [0.05, 0.1) is 33.2 Å². The van der Waals surface area contributed by atoms with Crippen LogP contribution in [0.4, 0.5) is 11.4 Å². The van der Waals surface area contributed by atoms with Gasteiger partial charge < -0.3 is 14.2 Å². The van der Waals surface area contributed by atoms with E-state index < -0.39 is 0 Å². The molecule has 0 unspecified atom stereocenters. The number of hydrogen-bond donors (Lipinski definition) is 0. The van der Waals surface area contributed by atoms with Crippen molar-refractivity contribution in [3.05, 3.63) is 181 Å². The molecule has 7 aromatic carbocycles. The fourth-order valence-corrected chi connectivity index (χ4v) is 9.10. The van der Waals surface area contributed by atoms with Crippen molar-refractivity contribution >= 4 is 76.5 Å². The summed E-state index contributed by atoms with van der Waals surface area (Å²) >= 11 is 0. The van der Waals surface area contributed by atoms with Crippen molar-refractivity contribution in [3.63, 3.8) is 0 Å². The number of pyridine rings is 1. The van der Waals surface area contributed by atoms with Crippen LogP contribution >= 0.6 is 0 Å². The third kappa shape index (κ3) is 5.64. The molecule has 3 aromatic heterocycles. The van der Waals surface area contributed by atoms with Crippen LogP contribution in [-0.4, -0.2) is 14.1 Å². The number of hydrogen-bond acceptors (Lipinski definition) is 3. The largest absolute Gasteiger partial charge is 0.457 e. The third-order valence-corrected chi connectivity index (χ3v) is 11.9. The van der Waals surface area contributed by atoms with Crippen LogP contribution < -0.4 is 9.64 Å². The molecular weight excluding hydrogens is 721 g/mol. The summed E-state index contributed by atoms with van der Waals surface area (Å²) in [6, 6.07) is 45.9. The highest BCUT2D eigenvalue weighted by atomic mass is 16.5. The smallest absolute Gasteiger partial charge is 0.137 e. The van der Waals surface area contributed by atoms with E-state index in [0.29, 0.717) is 45.8 Å². The monoisotopic (exact) mass is 768 g/mol. The minimum atomic E-state index is -0.286. The number of anilines is 2. The Kier molecular flexibility index (Phi) is 6.93. The van der Waals surface area contributed by atoms with Crippen LogP contribution in [0.25, 0.3) is 71.0 Å². The van der Waals surface area contributed by atoms with Gasteiger partial charge in [-0.15, -0.1) is 0 Å². The van der Waals surface area contributed by atoms with E-state index in [1.807, 2.05) is 47.0 Å². The van der Waals surface area contributed by atoms with Crippen molar-refractivity contribution in [1.82, 2.24) is 14.1 Å². The van der Waals surface area contributed by atoms with Crippen molar-refractivity contribution in [2.45, 2.75) is 46.7 Å². The number of aromatic nitrogens is 3. The van der Waals surface area contributed by atoms with Crippen molar-refractivity contribution in [2.75, 3.05) is 4.90 Å². The normalized spacial score (nSPS) is 13.7. The molecular formula is C54H44N4O. The Labute approximate surface area is 349 Å². The molecule has 0 aliphatic carbocycles. The van der Waals surface area contributed by atoms with Crippen LogP contribution in [0, 0.1) is 13.8 Å². The summed E-state index contributed by atoms with van der Waals surface area (Å²) in [5, 5.41) is 8.34. The molecule has 11 rings (SSSR count). The second kappa shape index (κ2) is 13.2. The summed E-state index contributed by atoms with van der Waals surface area (Å²) in [7, 11) is 0. The Bertz CT molecular complexity index is 3660. The van der Waals surface area contributed by atoms with Gasteiger partial charge in [-0.2, -0.15) is 0 Å². The number of ether oxygens (including phenoxy) is 1. The van der Waals surface area contributed by atoms with Crippen LogP contribution in [0.2, 0.25) is 0 Å². The maximum Gasteiger partial charge on any atom is 0.137 e. The highest BCUT2D eigenvalue weighted by Crippen LogP contribution is 2.44. The van der Waals surface area contributed by atoms with E-state index in [2.05, 4.69) is 135 Å². The van der Waals surface area contributed by atoms with Gasteiger partial charge in [0.1, 0.15) is 24.0 Å². The molecule has 1 aliphatic rings. The number of benzene rings is 7. The van der Waals surface area contributed by atoms with Gasteiger partial charge in [0, 0.05) is 45.6 Å². The Morgan fingerprint density at radius 2 is 1.31 bits per heavy atom. The van der Waals surface area contributed by atoms with E-state index in [-0.39, 0.29) is 29.6 Å². The highest BCUT2D eigenvalue weighted by Gasteiger charge is 2.25. The number of rotatable bonds is 4. The van der Waals surface area contributed by atoms with Crippen molar-refractivity contribution < 1.29 is 10.2 Å². The first-order valence-electron chi connectivity index (χ1n) is 22.1. The van der Waals surface area contributed by atoms with E-state index in [4.69, 9.17) is 15.2 Å². The predicted octanol–water partition coefficient (Wildman–Crippen LogP) is 14.5. The van der Waals surface area contributed by atoms with Gasteiger partial charge in [0.15, 0.2) is 0 Å². The van der Waals surface area contributed by atoms with Gasteiger partial charge in [0.2, 0.25) is 0 Å². The molecule has 0 amide bonds. The van der Waals surface area contributed by atoms with E-state index in [9.17, 15) is 0 Å². The SMILES string of the molecule is [2H]c1c([2H])c([2H])c2c(c1[2H])c1ccc(Oc3cccc(N4Cn5c6c(C)cccc6c6cc(C)ccc6c6ccccc6c6cccc4c65)c3)cc1n2-c1cc(C(C)(C)C)ccn1. The van der Waals surface area contributed by atoms with E-state index >= 15 is 0 Å². The zero-order valence-electron chi connectivity index (χ0n) is 37.7. The van der Waals surface area contributed by atoms with Gasteiger partial charge in [-0.25, -0.2) is 4.98 Å². The lowest BCUT2D eigenvalue weighted by Crippen LogP contribution is -2.14. The molecule has 0 N–H and O–H groups in total. The lowest BCUT2D eigenvalue weighted by molar-refractivity contribution is 0.483. The lowest BCUT2D eigenvalue weighted by atomic mass is 9.88. The minimum absolute atomic E-state index is 0.0854. The van der Waals surface area contributed by atoms with Gasteiger partial charge >= 0.3 is 0 Å². The fraction of sp³-hybridized carbons (Fsp3) is 0.130. The molecule has 59 heavy (non-hydrogen) atoms. The number of nitrogens with zero attached hydrogens (tertiary/aromatic N) is 4. The van der Waals surface area contributed by atoms with Gasteiger partial charge in [0.25, 0.3) is 0 Å². The highest BCUT2D eigenvalue weighted by molar-refractivity contribution is 6.21. The summed E-state index contributed by atoms with van der Waals surface area (Å²) < 4.78 is 46.2. The first-order valence-corrected chi connectivity index (χ1v) is 20.1. The van der Waals surface area contributed by atoms with E-state index in [1.54, 1.807) is 6.20 Å².